The first-order valence-corrected chi connectivity index (χ1v) is 6.48. The molecule has 1 aliphatic heterocycles. The lowest BCUT2D eigenvalue weighted by atomic mass is 9.96. The lowest BCUT2D eigenvalue weighted by molar-refractivity contribution is 0.199. The molecule has 1 aromatic heterocycles. The van der Waals surface area contributed by atoms with Crippen LogP contribution in [0.5, 0.6) is 0 Å². The van der Waals surface area contributed by atoms with Crippen LogP contribution in [0.4, 0.5) is 0 Å². The van der Waals surface area contributed by atoms with Crippen LogP contribution in [0.25, 0.3) is 0 Å². The lowest BCUT2D eigenvalue weighted by Crippen LogP contribution is -2.28. The average Bonchev–Trinajstić information content (AvgIpc) is 2.93. The smallest absolute Gasteiger partial charge is 0.244 e. The molecular weight excluding hydrogens is 242 g/mol. The van der Waals surface area contributed by atoms with Crippen molar-refractivity contribution in [1.29, 1.82) is 0 Å². The normalized spacial score (nSPS) is 18.3. The topological polar surface area (TPSA) is 60.2 Å². The fourth-order valence-electron chi connectivity index (χ4n) is 2.33. The zero-order valence-corrected chi connectivity index (χ0v) is 10.9. The Kier molecular flexibility index (Phi) is 3.57. The van der Waals surface area contributed by atoms with E-state index >= 15 is 0 Å². The van der Waals surface area contributed by atoms with Gasteiger partial charge in [-0.05, 0) is 17.5 Å². The molecule has 0 saturated heterocycles. The van der Waals surface area contributed by atoms with Gasteiger partial charge in [0, 0.05) is 20.1 Å². The van der Waals surface area contributed by atoms with Crippen molar-refractivity contribution in [1.82, 2.24) is 15.5 Å². The first kappa shape index (κ1) is 12.3. The van der Waals surface area contributed by atoms with Gasteiger partial charge in [-0.3, -0.25) is 0 Å². The molecule has 1 aromatic carbocycles. The van der Waals surface area contributed by atoms with E-state index < -0.39 is 0 Å². The number of ether oxygens (including phenoxy) is 1. The molecule has 0 fully saturated rings. The van der Waals surface area contributed by atoms with Crippen molar-refractivity contribution in [3.05, 3.63) is 47.1 Å². The molecule has 1 N–H and O–H groups in total. The van der Waals surface area contributed by atoms with E-state index in [1.54, 1.807) is 7.11 Å². The Hall–Kier alpha value is -1.72. The summed E-state index contributed by atoms with van der Waals surface area (Å²) in [6, 6.07) is 8.55. The van der Waals surface area contributed by atoms with Gasteiger partial charge in [-0.25, -0.2) is 0 Å². The monoisotopic (exact) mass is 259 g/mol. The van der Waals surface area contributed by atoms with Gasteiger partial charge in [-0.2, -0.15) is 4.98 Å². The first-order valence-electron chi connectivity index (χ1n) is 6.48. The molecule has 19 heavy (non-hydrogen) atoms. The van der Waals surface area contributed by atoms with Gasteiger partial charge in [0.25, 0.3) is 0 Å². The van der Waals surface area contributed by atoms with Gasteiger partial charge in [0.15, 0.2) is 5.82 Å². The summed E-state index contributed by atoms with van der Waals surface area (Å²) in [5.41, 5.74) is 2.70. The predicted octanol–water partition coefficient (Wildman–Crippen LogP) is 1.65. The van der Waals surface area contributed by atoms with E-state index in [4.69, 9.17) is 9.26 Å². The minimum Gasteiger partial charge on any atom is -0.384 e. The van der Waals surface area contributed by atoms with E-state index in [9.17, 15) is 0 Å². The highest BCUT2D eigenvalue weighted by Gasteiger charge is 2.23. The molecule has 5 heteroatoms. The number of hydrogen-bond donors (Lipinski definition) is 1. The van der Waals surface area contributed by atoms with Crippen LogP contribution in [0.1, 0.15) is 28.9 Å². The Morgan fingerprint density at radius 1 is 1.37 bits per heavy atom. The van der Waals surface area contributed by atoms with Crippen molar-refractivity contribution in [3.8, 4) is 0 Å². The summed E-state index contributed by atoms with van der Waals surface area (Å²) >= 11 is 0. The Morgan fingerprint density at radius 3 is 3.05 bits per heavy atom. The van der Waals surface area contributed by atoms with Gasteiger partial charge in [0.2, 0.25) is 5.89 Å². The van der Waals surface area contributed by atoms with Crippen LogP contribution in [0.15, 0.2) is 28.8 Å². The maximum absolute atomic E-state index is 5.34. The molecule has 1 unspecified atom stereocenters. The van der Waals surface area contributed by atoms with Gasteiger partial charge in [0.05, 0.1) is 12.6 Å². The van der Waals surface area contributed by atoms with E-state index in [0.29, 0.717) is 24.7 Å². The third kappa shape index (κ3) is 2.67. The molecule has 0 amide bonds. The molecule has 0 radical (unpaired) electrons. The quantitative estimate of drug-likeness (QED) is 0.904. The van der Waals surface area contributed by atoms with Gasteiger partial charge in [-0.1, -0.05) is 29.4 Å². The molecule has 0 bridgehead atoms. The highest BCUT2D eigenvalue weighted by molar-refractivity contribution is 5.30. The standard InChI is InChI=1S/C14H17N3O2/c1-18-7-6-13-16-14(19-17-13)12-8-10-4-2-3-5-11(10)9-15-12/h2-5,12,15H,6-9H2,1H3. The number of nitrogens with zero attached hydrogens (tertiary/aromatic N) is 2. The fraction of sp³-hybridized carbons (Fsp3) is 0.429. The zero-order chi connectivity index (χ0) is 13.1. The van der Waals surface area contributed by atoms with Gasteiger partial charge < -0.3 is 14.6 Å². The summed E-state index contributed by atoms with van der Waals surface area (Å²) in [5.74, 6) is 1.37. The van der Waals surface area contributed by atoms with Crippen LogP contribution in [-0.4, -0.2) is 23.9 Å². The van der Waals surface area contributed by atoms with Gasteiger partial charge >= 0.3 is 0 Å². The van der Waals surface area contributed by atoms with Crippen LogP contribution < -0.4 is 5.32 Å². The second-order valence-corrected chi connectivity index (χ2v) is 4.70. The van der Waals surface area contributed by atoms with Crippen LogP contribution in [0, 0.1) is 0 Å². The molecule has 2 heterocycles. The summed E-state index contributed by atoms with van der Waals surface area (Å²) in [5, 5.41) is 7.41. The average molecular weight is 259 g/mol. The summed E-state index contributed by atoms with van der Waals surface area (Å²) < 4.78 is 10.3. The van der Waals surface area contributed by atoms with E-state index in [1.807, 2.05) is 0 Å². The third-order valence-electron chi connectivity index (χ3n) is 3.39. The van der Waals surface area contributed by atoms with Gasteiger partial charge in [0.1, 0.15) is 0 Å². The predicted molar refractivity (Wildman–Crippen MR) is 69.6 cm³/mol. The number of methoxy groups -OCH3 is 1. The third-order valence-corrected chi connectivity index (χ3v) is 3.39. The number of nitrogens with one attached hydrogen (secondary N) is 1. The van der Waals surface area contributed by atoms with Crippen LogP contribution in [-0.2, 0) is 24.1 Å². The number of benzene rings is 1. The number of aromatic nitrogens is 2. The van der Waals surface area contributed by atoms with E-state index in [2.05, 4.69) is 39.7 Å². The largest absolute Gasteiger partial charge is 0.384 e. The van der Waals surface area contributed by atoms with Crippen molar-refractivity contribution >= 4 is 0 Å². The summed E-state index contributed by atoms with van der Waals surface area (Å²) in [4.78, 5) is 4.42. The van der Waals surface area contributed by atoms with Crippen molar-refractivity contribution < 1.29 is 9.26 Å². The molecule has 0 aliphatic carbocycles. The van der Waals surface area contributed by atoms with Crippen LogP contribution in [0.3, 0.4) is 0 Å². The summed E-state index contributed by atoms with van der Waals surface area (Å²) in [6.45, 7) is 1.45. The summed E-state index contributed by atoms with van der Waals surface area (Å²) in [7, 11) is 1.67. The highest BCUT2D eigenvalue weighted by Crippen LogP contribution is 2.24. The Labute approximate surface area is 112 Å². The Balaban J connectivity index is 1.72. The van der Waals surface area contributed by atoms with E-state index in [-0.39, 0.29) is 6.04 Å². The molecule has 0 spiro atoms. The van der Waals surface area contributed by atoms with Crippen LogP contribution in [0.2, 0.25) is 0 Å². The highest BCUT2D eigenvalue weighted by atomic mass is 16.5. The number of rotatable bonds is 4. The SMILES string of the molecule is COCCc1noc(C2Cc3ccccc3CN2)n1. The van der Waals surface area contributed by atoms with E-state index in [0.717, 1.165) is 13.0 Å². The van der Waals surface area contributed by atoms with Crippen molar-refractivity contribution in [3.63, 3.8) is 0 Å². The maximum atomic E-state index is 5.34. The Morgan fingerprint density at radius 2 is 2.21 bits per heavy atom. The molecule has 3 rings (SSSR count). The minimum atomic E-state index is 0.110. The molecule has 0 saturated carbocycles. The van der Waals surface area contributed by atoms with Crippen molar-refractivity contribution in [2.24, 2.45) is 0 Å². The summed E-state index contributed by atoms with van der Waals surface area (Å²) in [6.07, 6.45) is 1.57. The molecule has 1 aliphatic rings. The molecule has 100 valence electrons. The maximum Gasteiger partial charge on any atom is 0.244 e. The second kappa shape index (κ2) is 5.50. The molecule has 5 nitrogen and oxygen atoms in total. The molecule has 2 aromatic rings. The minimum absolute atomic E-state index is 0.110. The lowest BCUT2D eigenvalue weighted by Gasteiger charge is -2.23. The van der Waals surface area contributed by atoms with Gasteiger partial charge in [-0.15, -0.1) is 0 Å². The zero-order valence-electron chi connectivity index (χ0n) is 10.9. The molecular formula is C14H17N3O2. The van der Waals surface area contributed by atoms with E-state index in [1.165, 1.54) is 11.1 Å². The Bertz CT molecular complexity index is 553. The number of fused-ring (bicyclic) bond motifs is 1. The first-order chi connectivity index (χ1) is 9.36. The fourth-order valence-corrected chi connectivity index (χ4v) is 2.33. The molecule has 1 atom stereocenters. The van der Waals surface area contributed by atoms with Crippen molar-refractivity contribution in [2.45, 2.75) is 25.4 Å². The number of hydrogen-bond acceptors (Lipinski definition) is 5. The second-order valence-electron chi connectivity index (χ2n) is 4.70. The van der Waals surface area contributed by atoms with Crippen molar-refractivity contribution in [2.75, 3.05) is 13.7 Å². The van der Waals surface area contributed by atoms with Crippen LogP contribution >= 0.6 is 0 Å².